The highest BCUT2D eigenvalue weighted by molar-refractivity contribution is 7.88. The van der Waals surface area contributed by atoms with Crippen molar-refractivity contribution in [3.8, 4) is 0 Å². The summed E-state index contributed by atoms with van der Waals surface area (Å²) >= 11 is 0. The zero-order chi connectivity index (χ0) is 16.7. The molecular formula is C15H26N2O5S. The number of nitrogens with zero attached hydrogens (tertiary/aromatic N) is 2. The Balaban J connectivity index is 1.71. The van der Waals surface area contributed by atoms with Crippen LogP contribution in [-0.2, 0) is 19.6 Å². The molecule has 2 atom stereocenters. The summed E-state index contributed by atoms with van der Waals surface area (Å²) in [7, 11) is -3.35. The van der Waals surface area contributed by atoms with Gasteiger partial charge in [0.15, 0.2) is 0 Å². The zero-order valence-corrected chi connectivity index (χ0v) is 14.4. The summed E-state index contributed by atoms with van der Waals surface area (Å²) in [5.74, 6) is 0.0469. The standard InChI is InChI=1S/C15H26N2O5S/c1-23(20,21)17-7-2-5-15(17)6-8-16(11-13(15)18)14(19)12-3-9-22-10-4-12/h12-13,18H,2-11H2,1H3/t13-,15-/m0/s1. The second kappa shape index (κ2) is 6.31. The fourth-order valence-electron chi connectivity index (χ4n) is 4.32. The number of hydrogen-bond donors (Lipinski definition) is 1. The maximum atomic E-state index is 12.6. The number of sulfonamides is 1. The van der Waals surface area contributed by atoms with Gasteiger partial charge in [-0.3, -0.25) is 4.79 Å². The Labute approximate surface area is 137 Å². The molecule has 8 heteroatoms. The lowest BCUT2D eigenvalue weighted by Crippen LogP contribution is -2.63. The minimum absolute atomic E-state index is 0.0282. The maximum absolute atomic E-state index is 12.6. The van der Waals surface area contributed by atoms with Gasteiger partial charge < -0.3 is 14.7 Å². The second-order valence-electron chi connectivity index (χ2n) is 6.98. The average Bonchev–Trinajstić information content (AvgIpc) is 2.95. The third-order valence-electron chi connectivity index (χ3n) is 5.58. The third-order valence-corrected chi connectivity index (χ3v) is 6.93. The summed E-state index contributed by atoms with van der Waals surface area (Å²) in [6.45, 7) is 2.42. The maximum Gasteiger partial charge on any atom is 0.225 e. The van der Waals surface area contributed by atoms with E-state index in [4.69, 9.17) is 4.74 Å². The van der Waals surface area contributed by atoms with Gasteiger partial charge in [-0.05, 0) is 32.1 Å². The molecule has 0 bridgehead atoms. The van der Waals surface area contributed by atoms with Gasteiger partial charge in [0, 0.05) is 38.8 Å². The molecule has 0 radical (unpaired) electrons. The van der Waals surface area contributed by atoms with Crippen LogP contribution in [0.3, 0.4) is 0 Å². The van der Waals surface area contributed by atoms with Gasteiger partial charge in [-0.2, -0.15) is 4.31 Å². The van der Waals surface area contributed by atoms with Crippen LogP contribution >= 0.6 is 0 Å². The minimum Gasteiger partial charge on any atom is -0.389 e. The van der Waals surface area contributed by atoms with E-state index in [1.54, 1.807) is 4.90 Å². The Morgan fingerprint density at radius 1 is 1.22 bits per heavy atom. The highest BCUT2D eigenvalue weighted by Crippen LogP contribution is 2.40. The number of aliphatic hydroxyl groups excluding tert-OH is 1. The Bertz CT molecular complexity index is 560. The molecule has 0 saturated carbocycles. The summed E-state index contributed by atoms with van der Waals surface area (Å²) in [5, 5.41) is 10.7. The van der Waals surface area contributed by atoms with E-state index in [0.717, 1.165) is 19.3 Å². The first-order valence-electron chi connectivity index (χ1n) is 8.37. The van der Waals surface area contributed by atoms with Crippen LogP contribution in [0.15, 0.2) is 0 Å². The van der Waals surface area contributed by atoms with Crippen LogP contribution in [0, 0.1) is 5.92 Å². The van der Waals surface area contributed by atoms with Crippen LogP contribution in [0.2, 0.25) is 0 Å². The number of piperidine rings is 1. The Morgan fingerprint density at radius 2 is 1.91 bits per heavy atom. The lowest BCUT2D eigenvalue weighted by molar-refractivity contribution is -0.145. The number of carbonyl (C=O) groups is 1. The van der Waals surface area contributed by atoms with Crippen molar-refractivity contribution < 1.29 is 23.1 Å². The van der Waals surface area contributed by atoms with Crippen molar-refractivity contribution in [2.24, 2.45) is 5.92 Å². The fraction of sp³-hybridized carbons (Fsp3) is 0.933. The molecule has 1 N–H and O–H groups in total. The number of amides is 1. The van der Waals surface area contributed by atoms with E-state index in [0.29, 0.717) is 39.1 Å². The molecule has 3 aliphatic heterocycles. The van der Waals surface area contributed by atoms with Crippen molar-refractivity contribution in [1.82, 2.24) is 9.21 Å². The van der Waals surface area contributed by atoms with Gasteiger partial charge in [0.25, 0.3) is 0 Å². The number of ether oxygens (including phenoxy) is 1. The second-order valence-corrected chi connectivity index (χ2v) is 8.89. The number of carbonyl (C=O) groups excluding carboxylic acids is 1. The molecule has 0 aliphatic carbocycles. The van der Waals surface area contributed by atoms with E-state index in [-0.39, 0.29) is 18.4 Å². The predicted molar refractivity (Wildman–Crippen MR) is 84.3 cm³/mol. The van der Waals surface area contributed by atoms with Crippen LogP contribution in [0.5, 0.6) is 0 Å². The highest BCUT2D eigenvalue weighted by atomic mass is 32.2. The summed E-state index contributed by atoms with van der Waals surface area (Å²) < 4.78 is 30.8. The Hall–Kier alpha value is -0.700. The third kappa shape index (κ3) is 3.14. The molecule has 3 aliphatic rings. The van der Waals surface area contributed by atoms with Gasteiger partial charge in [-0.25, -0.2) is 8.42 Å². The van der Waals surface area contributed by atoms with E-state index in [9.17, 15) is 18.3 Å². The van der Waals surface area contributed by atoms with Gasteiger partial charge in [0.1, 0.15) is 0 Å². The molecule has 3 fully saturated rings. The summed E-state index contributed by atoms with van der Waals surface area (Å²) in [6.07, 6.45) is 3.77. The van der Waals surface area contributed by atoms with Crippen molar-refractivity contribution in [1.29, 1.82) is 0 Å². The molecule has 132 valence electrons. The zero-order valence-electron chi connectivity index (χ0n) is 13.6. The van der Waals surface area contributed by atoms with E-state index in [1.807, 2.05) is 0 Å². The lowest BCUT2D eigenvalue weighted by Gasteiger charge is -2.47. The van der Waals surface area contributed by atoms with Gasteiger partial charge in [0.2, 0.25) is 15.9 Å². The van der Waals surface area contributed by atoms with E-state index in [2.05, 4.69) is 0 Å². The molecule has 1 amide bonds. The molecule has 0 aromatic rings. The highest BCUT2D eigenvalue weighted by Gasteiger charge is 2.53. The molecule has 1 spiro atoms. The predicted octanol–water partition coefficient (Wildman–Crippen LogP) is -0.200. The molecular weight excluding hydrogens is 320 g/mol. The van der Waals surface area contributed by atoms with Crippen LogP contribution < -0.4 is 0 Å². The van der Waals surface area contributed by atoms with Gasteiger partial charge in [-0.1, -0.05) is 0 Å². The number of β-amino-alcohol motifs (C(OH)–C–C–N with tert-alkyl or cyclic N) is 1. The average molecular weight is 346 g/mol. The van der Waals surface area contributed by atoms with E-state index >= 15 is 0 Å². The summed E-state index contributed by atoms with van der Waals surface area (Å²) in [5.41, 5.74) is -0.722. The van der Waals surface area contributed by atoms with Crippen molar-refractivity contribution in [2.75, 3.05) is 39.1 Å². The molecule has 7 nitrogen and oxygen atoms in total. The van der Waals surface area contributed by atoms with Crippen molar-refractivity contribution in [3.05, 3.63) is 0 Å². The lowest BCUT2D eigenvalue weighted by atomic mass is 9.83. The van der Waals surface area contributed by atoms with E-state index < -0.39 is 21.7 Å². The van der Waals surface area contributed by atoms with Crippen LogP contribution in [0.4, 0.5) is 0 Å². The summed E-state index contributed by atoms with van der Waals surface area (Å²) in [4.78, 5) is 14.3. The molecule has 0 aromatic heterocycles. The molecule has 3 rings (SSSR count). The number of rotatable bonds is 2. The van der Waals surface area contributed by atoms with Crippen LogP contribution in [0.1, 0.15) is 32.1 Å². The van der Waals surface area contributed by atoms with Gasteiger partial charge >= 0.3 is 0 Å². The van der Waals surface area contributed by atoms with Crippen LogP contribution in [0.25, 0.3) is 0 Å². The number of hydrogen-bond acceptors (Lipinski definition) is 5. The van der Waals surface area contributed by atoms with Gasteiger partial charge in [-0.15, -0.1) is 0 Å². The summed E-state index contributed by atoms with van der Waals surface area (Å²) in [6, 6.07) is 0. The van der Waals surface area contributed by atoms with Crippen molar-refractivity contribution in [2.45, 2.75) is 43.7 Å². The fourth-order valence-corrected chi connectivity index (χ4v) is 5.75. The molecule has 3 saturated heterocycles. The smallest absolute Gasteiger partial charge is 0.225 e. The van der Waals surface area contributed by atoms with Gasteiger partial charge in [0.05, 0.1) is 17.9 Å². The monoisotopic (exact) mass is 346 g/mol. The Morgan fingerprint density at radius 3 is 2.52 bits per heavy atom. The van der Waals surface area contributed by atoms with Crippen molar-refractivity contribution in [3.63, 3.8) is 0 Å². The first-order valence-corrected chi connectivity index (χ1v) is 10.2. The Kier molecular flexibility index (Phi) is 4.70. The topological polar surface area (TPSA) is 87.2 Å². The first-order chi connectivity index (χ1) is 10.8. The SMILES string of the molecule is CS(=O)(=O)N1CCC[C@@]12CCN(C(=O)C1CCOCC1)C[C@@H]2O. The molecule has 3 heterocycles. The normalized spacial score (nSPS) is 34.2. The van der Waals surface area contributed by atoms with E-state index in [1.165, 1.54) is 10.6 Å². The molecule has 23 heavy (non-hydrogen) atoms. The van der Waals surface area contributed by atoms with Crippen molar-refractivity contribution >= 4 is 15.9 Å². The first kappa shape index (κ1) is 17.1. The number of likely N-dealkylation sites (tertiary alicyclic amines) is 1. The van der Waals surface area contributed by atoms with Crippen LogP contribution in [-0.4, -0.2) is 79.4 Å². The molecule has 0 unspecified atom stereocenters. The largest absolute Gasteiger partial charge is 0.389 e. The molecule has 0 aromatic carbocycles. The number of aliphatic hydroxyl groups is 1. The minimum atomic E-state index is -3.35. The quantitative estimate of drug-likeness (QED) is 0.748.